The number of benzene rings is 3. The lowest BCUT2D eigenvalue weighted by atomic mass is 10.1. The number of hydrogen-bond donors (Lipinski definition) is 1. The highest BCUT2D eigenvalue weighted by molar-refractivity contribution is 9.10. The fourth-order valence-corrected chi connectivity index (χ4v) is 2.88. The van der Waals surface area contributed by atoms with Gasteiger partial charge in [-0.25, -0.2) is 5.43 Å². The Labute approximate surface area is 177 Å². The Kier molecular flexibility index (Phi) is 7.15. The van der Waals surface area contributed by atoms with Crippen LogP contribution in [0.15, 0.2) is 82.4 Å². The van der Waals surface area contributed by atoms with Gasteiger partial charge >= 0.3 is 0 Å². The van der Waals surface area contributed by atoms with Gasteiger partial charge in [0.2, 0.25) is 5.91 Å². The SMILES string of the molecule is N#Cc1cccc(COc2ccccc2/C=N\NC(=O)Cc2ccc(Br)cc2)c1. The van der Waals surface area contributed by atoms with Crippen molar-refractivity contribution >= 4 is 28.1 Å². The number of ether oxygens (including phenoxy) is 1. The Morgan fingerprint density at radius 3 is 2.66 bits per heavy atom. The average Bonchev–Trinajstić information content (AvgIpc) is 2.75. The van der Waals surface area contributed by atoms with Crippen LogP contribution in [0.25, 0.3) is 0 Å². The van der Waals surface area contributed by atoms with Crippen molar-refractivity contribution in [2.24, 2.45) is 5.10 Å². The van der Waals surface area contributed by atoms with Crippen molar-refractivity contribution in [3.63, 3.8) is 0 Å². The van der Waals surface area contributed by atoms with Crippen LogP contribution in [0, 0.1) is 11.3 Å². The molecular weight excluding hydrogens is 430 g/mol. The molecule has 0 fully saturated rings. The highest BCUT2D eigenvalue weighted by atomic mass is 79.9. The van der Waals surface area contributed by atoms with Gasteiger partial charge < -0.3 is 4.74 Å². The summed E-state index contributed by atoms with van der Waals surface area (Å²) in [6.45, 7) is 0.330. The molecule has 0 saturated carbocycles. The first kappa shape index (κ1) is 20.3. The number of nitrogens with one attached hydrogen (secondary N) is 1. The van der Waals surface area contributed by atoms with Crippen LogP contribution in [0.1, 0.15) is 22.3 Å². The Hall–Kier alpha value is -3.43. The Balaban J connectivity index is 1.58. The highest BCUT2D eigenvalue weighted by Gasteiger charge is 2.04. The van der Waals surface area contributed by atoms with E-state index in [1.54, 1.807) is 18.3 Å². The predicted molar refractivity (Wildman–Crippen MR) is 116 cm³/mol. The van der Waals surface area contributed by atoms with Gasteiger partial charge in [0.15, 0.2) is 0 Å². The quantitative estimate of drug-likeness (QED) is 0.424. The zero-order chi connectivity index (χ0) is 20.5. The number of para-hydroxylation sites is 1. The number of hydrogen-bond acceptors (Lipinski definition) is 4. The standard InChI is InChI=1S/C23H18BrN3O2/c24-21-10-8-17(9-11-21)13-23(28)27-26-15-20-6-1-2-7-22(20)29-16-19-5-3-4-18(12-19)14-25/h1-12,15H,13,16H2,(H,27,28)/b26-15-. The lowest BCUT2D eigenvalue weighted by Crippen LogP contribution is -2.19. The lowest BCUT2D eigenvalue weighted by Gasteiger charge is -2.09. The molecule has 0 bridgehead atoms. The maximum atomic E-state index is 12.0. The molecule has 29 heavy (non-hydrogen) atoms. The van der Waals surface area contributed by atoms with Gasteiger partial charge in [-0.05, 0) is 47.5 Å². The Bertz CT molecular complexity index is 1060. The molecule has 0 aromatic heterocycles. The molecule has 0 aliphatic carbocycles. The number of halogens is 1. The molecule has 0 unspecified atom stereocenters. The molecule has 1 amide bonds. The normalized spacial score (nSPS) is 10.5. The summed E-state index contributed by atoms with van der Waals surface area (Å²) in [5.41, 5.74) is 5.68. The van der Waals surface area contributed by atoms with Crippen molar-refractivity contribution in [1.82, 2.24) is 5.43 Å². The van der Waals surface area contributed by atoms with Crippen LogP contribution < -0.4 is 10.2 Å². The summed E-state index contributed by atoms with van der Waals surface area (Å²) in [6, 6.07) is 24.4. The van der Waals surface area contributed by atoms with Gasteiger partial charge in [-0.15, -0.1) is 0 Å². The number of carbonyl (C=O) groups excluding carboxylic acids is 1. The van der Waals surface area contributed by atoms with Crippen LogP contribution >= 0.6 is 15.9 Å². The number of nitrogens with zero attached hydrogens (tertiary/aromatic N) is 2. The molecule has 1 N–H and O–H groups in total. The minimum atomic E-state index is -0.199. The third kappa shape index (κ3) is 6.30. The van der Waals surface area contributed by atoms with Crippen molar-refractivity contribution in [3.8, 4) is 11.8 Å². The number of rotatable bonds is 7. The molecule has 0 atom stereocenters. The summed E-state index contributed by atoms with van der Waals surface area (Å²) in [5.74, 6) is 0.441. The van der Waals surface area contributed by atoms with Crippen LogP contribution in [0.3, 0.4) is 0 Å². The van der Waals surface area contributed by atoms with Crippen LogP contribution in [-0.4, -0.2) is 12.1 Å². The van der Waals surface area contributed by atoms with Crippen molar-refractivity contribution < 1.29 is 9.53 Å². The molecule has 6 heteroatoms. The third-order valence-corrected chi connectivity index (χ3v) is 4.57. The van der Waals surface area contributed by atoms with Gasteiger partial charge in [-0.2, -0.15) is 10.4 Å². The molecule has 0 spiro atoms. The van der Waals surface area contributed by atoms with Crippen molar-refractivity contribution in [3.05, 3.63) is 99.5 Å². The van der Waals surface area contributed by atoms with Crippen LogP contribution in [0.4, 0.5) is 0 Å². The van der Waals surface area contributed by atoms with E-state index in [-0.39, 0.29) is 12.3 Å². The molecule has 5 nitrogen and oxygen atoms in total. The minimum absolute atomic E-state index is 0.199. The second-order valence-corrected chi connectivity index (χ2v) is 7.15. The highest BCUT2D eigenvalue weighted by Crippen LogP contribution is 2.18. The van der Waals surface area contributed by atoms with Gasteiger partial charge in [-0.1, -0.05) is 52.3 Å². The van der Waals surface area contributed by atoms with E-state index >= 15 is 0 Å². The first-order valence-corrected chi connectivity index (χ1v) is 9.70. The van der Waals surface area contributed by atoms with Crippen LogP contribution in [-0.2, 0) is 17.8 Å². The zero-order valence-electron chi connectivity index (χ0n) is 15.5. The number of carbonyl (C=O) groups is 1. The molecule has 0 radical (unpaired) electrons. The monoisotopic (exact) mass is 447 g/mol. The number of amides is 1. The summed E-state index contributed by atoms with van der Waals surface area (Å²) in [4.78, 5) is 12.0. The molecule has 0 aliphatic rings. The smallest absolute Gasteiger partial charge is 0.244 e. The molecule has 144 valence electrons. The summed E-state index contributed by atoms with van der Waals surface area (Å²) in [5, 5.41) is 13.0. The van der Waals surface area contributed by atoms with E-state index in [9.17, 15) is 4.79 Å². The number of hydrazone groups is 1. The summed E-state index contributed by atoms with van der Waals surface area (Å²) < 4.78 is 6.84. The molecule has 0 saturated heterocycles. The van der Waals surface area contributed by atoms with Gasteiger partial charge in [0.25, 0.3) is 0 Å². The maximum absolute atomic E-state index is 12.0. The lowest BCUT2D eigenvalue weighted by molar-refractivity contribution is -0.120. The van der Waals surface area contributed by atoms with Crippen molar-refractivity contribution in [1.29, 1.82) is 5.26 Å². The van der Waals surface area contributed by atoms with Crippen LogP contribution in [0.5, 0.6) is 5.75 Å². The minimum Gasteiger partial charge on any atom is -0.488 e. The largest absolute Gasteiger partial charge is 0.488 e. The van der Waals surface area contributed by atoms with E-state index in [1.165, 1.54) is 0 Å². The van der Waals surface area contributed by atoms with E-state index in [2.05, 4.69) is 32.5 Å². The third-order valence-electron chi connectivity index (χ3n) is 4.04. The van der Waals surface area contributed by atoms with E-state index in [1.807, 2.05) is 60.7 Å². The Morgan fingerprint density at radius 2 is 1.86 bits per heavy atom. The van der Waals surface area contributed by atoms with Crippen molar-refractivity contribution in [2.75, 3.05) is 0 Å². The molecule has 3 aromatic carbocycles. The summed E-state index contributed by atoms with van der Waals surface area (Å²) in [7, 11) is 0. The zero-order valence-corrected chi connectivity index (χ0v) is 17.1. The first-order valence-electron chi connectivity index (χ1n) is 8.91. The molecule has 0 aliphatic heterocycles. The molecular formula is C23H18BrN3O2. The molecule has 0 heterocycles. The van der Waals surface area contributed by atoms with Crippen LogP contribution in [0.2, 0.25) is 0 Å². The van der Waals surface area contributed by atoms with Gasteiger partial charge in [0.05, 0.1) is 24.3 Å². The maximum Gasteiger partial charge on any atom is 0.244 e. The topological polar surface area (TPSA) is 74.5 Å². The van der Waals surface area contributed by atoms with E-state index in [0.29, 0.717) is 17.9 Å². The van der Waals surface area contributed by atoms with E-state index in [0.717, 1.165) is 21.2 Å². The van der Waals surface area contributed by atoms with Gasteiger partial charge in [0.1, 0.15) is 12.4 Å². The Morgan fingerprint density at radius 1 is 1.07 bits per heavy atom. The van der Waals surface area contributed by atoms with Gasteiger partial charge in [-0.3, -0.25) is 4.79 Å². The molecule has 3 aromatic rings. The second kappa shape index (κ2) is 10.2. The summed E-state index contributed by atoms with van der Waals surface area (Å²) in [6.07, 6.45) is 1.80. The predicted octanol–water partition coefficient (Wildman–Crippen LogP) is 4.59. The fraction of sp³-hybridized carbons (Fsp3) is 0.0870. The number of nitriles is 1. The van der Waals surface area contributed by atoms with Crippen molar-refractivity contribution in [2.45, 2.75) is 13.0 Å². The second-order valence-electron chi connectivity index (χ2n) is 6.24. The fourth-order valence-electron chi connectivity index (χ4n) is 2.61. The first-order chi connectivity index (χ1) is 14.1. The van der Waals surface area contributed by atoms with Gasteiger partial charge in [0, 0.05) is 10.0 Å². The summed E-state index contributed by atoms with van der Waals surface area (Å²) >= 11 is 3.37. The van der Waals surface area contributed by atoms with E-state index in [4.69, 9.17) is 10.00 Å². The molecule has 3 rings (SSSR count). The van der Waals surface area contributed by atoms with E-state index < -0.39 is 0 Å². The average molecular weight is 448 g/mol.